The Hall–Kier alpha value is -2.87. The minimum absolute atomic E-state index is 0.0248. The van der Waals surface area contributed by atoms with E-state index < -0.39 is 9.84 Å². The number of fused-ring (bicyclic) bond motifs is 1. The number of hydrogen-bond acceptors (Lipinski definition) is 5. The van der Waals surface area contributed by atoms with Gasteiger partial charge in [-0.3, -0.25) is 0 Å². The van der Waals surface area contributed by atoms with Crippen molar-refractivity contribution in [2.45, 2.75) is 50.0 Å². The van der Waals surface area contributed by atoms with Crippen LogP contribution in [0, 0.1) is 5.92 Å². The highest BCUT2D eigenvalue weighted by molar-refractivity contribution is 7.91. The summed E-state index contributed by atoms with van der Waals surface area (Å²) in [5.41, 5.74) is 4.16. The molecule has 1 saturated carbocycles. The van der Waals surface area contributed by atoms with Crippen molar-refractivity contribution in [3.8, 4) is 16.9 Å². The number of aromatic amines is 1. The average molecular weight is 539 g/mol. The van der Waals surface area contributed by atoms with Gasteiger partial charge in [-0.1, -0.05) is 41.9 Å². The van der Waals surface area contributed by atoms with Crippen LogP contribution in [-0.4, -0.2) is 42.0 Å². The molecule has 1 aliphatic carbocycles. The van der Waals surface area contributed by atoms with E-state index in [-0.39, 0.29) is 24.4 Å². The van der Waals surface area contributed by atoms with Crippen molar-refractivity contribution in [1.29, 1.82) is 0 Å². The number of sulfone groups is 1. The smallest absolute Gasteiger partial charge is 0.178 e. The zero-order valence-corrected chi connectivity index (χ0v) is 22.5. The molecule has 5 rings (SSSR count). The molecule has 0 spiro atoms. The number of aromatic nitrogens is 2. The fraction of sp³-hybridized carbons (Fsp3) is 0.345. The summed E-state index contributed by atoms with van der Waals surface area (Å²) in [6.45, 7) is 3.94. The monoisotopic (exact) mass is 538 g/mol. The van der Waals surface area contributed by atoms with Gasteiger partial charge in [-0.2, -0.15) is 0 Å². The topological polar surface area (TPSA) is 92.3 Å². The molecule has 4 aromatic rings. The van der Waals surface area contributed by atoms with Crippen LogP contribution in [0.5, 0.6) is 5.75 Å². The molecule has 0 aliphatic heterocycles. The van der Waals surface area contributed by atoms with Gasteiger partial charge in [0.2, 0.25) is 0 Å². The van der Waals surface area contributed by atoms with E-state index in [2.05, 4.69) is 4.98 Å². The molecule has 3 aromatic carbocycles. The van der Waals surface area contributed by atoms with Gasteiger partial charge in [-0.15, -0.1) is 0 Å². The lowest BCUT2D eigenvalue weighted by Crippen LogP contribution is -2.10. The fourth-order valence-corrected chi connectivity index (χ4v) is 6.61. The number of halogens is 1. The predicted molar refractivity (Wildman–Crippen MR) is 147 cm³/mol. The third-order valence-corrected chi connectivity index (χ3v) is 8.88. The third-order valence-electron chi connectivity index (χ3n) is 6.67. The molecule has 1 unspecified atom stereocenters. The maximum absolute atomic E-state index is 12.7. The number of aliphatic hydroxyl groups excluding tert-OH is 1. The van der Waals surface area contributed by atoms with E-state index in [0.717, 1.165) is 46.3 Å². The van der Waals surface area contributed by atoms with E-state index in [9.17, 15) is 13.5 Å². The normalized spacial score (nSPS) is 14.8. The predicted octanol–water partition coefficient (Wildman–Crippen LogP) is 6.37. The molecule has 37 heavy (non-hydrogen) atoms. The van der Waals surface area contributed by atoms with Gasteiger partial charge in [-0.25, -0.2) is 13.4 Å². The number of aliphatic hydroxyl groups is 1. The van der Waals surface area contributed by atoms with Gasteiger partial charge in [0.1, 0.15) is 11.6 Å². The minimum Gasteiger partial charge on any atom is -0.490 e. The van der Waals surface area contributed by atoms with Gasteiger partial charge < -0.3 is 14.8 Å². The molecule has 1 atom stereocenters. The van der Waals surface area contributed by atoms with Gasteiger partial charge in [-0.05, 0) is 74.9 Å². The van der Waals surface area contributed by atoms with Crippen molar-refractivity contribution < 1.29 is 18.3 Å². The van der Waals surface area contributed by atoms with E-state index in [0.29, 0.717) is 28.1 Å². The summed E-state index contributed by atoms with van der Waals surface area (Å²) in [5, 5.41) is 10.4. The van der Waals surface area contributed by atoms with Crippen LogP contribution in [0.25, 0.3) is 22.2 Å². The van der Waals surface area contributed by atoms with Crippen LogP contribution in [-0.2, 0) is 9.84 Å². The number of H-pyrrole nitrogens is 1. The third kappa shape index (κ3) is 5.69. The van der Waals surface area contributed by atoms with E-state index in [1.165, 1.54) is 0 Å². The molecule has 8 heteroatoms. The summed E-state index contributed by atoms with van der Waals surface area (Å²) >= 11 is 6.71. The van der Waals surface area contributed by atoms with Crippen molar-refractivity contribution >= 4 is 32.5 Å². The molecule has 1 fully saturated rings. The Bertz CT molecular complexity index is 1510. The quantitative estimate of drug-likeness (QED) is 0.245. The molecule has 0 bridgehead atoms. The second kappa shape index (κ2) is 10.5. The van der Waals surface area contributed by atoms with E-state index in [1.807, 2.05) is 62.4 Å². The van der Waals surface area contributed by atoms with Crippen molar-refractivity contribution in [3.63, 3.8) is 0 Å². The number of hydrogen-bond donors (Lipinski definition) is 2. The van der Waals surface area contributed by atoms with Crippen molar-refractivity contribution in [2.75, 3.05) is 12.4 Å². The van der Waals surface area contributed by atoms with Crippen LogP contribution in [0.1, 0.15) is 50.4 Å². The second-order valence-corrected chi connectivity index (χ2v) is 12.4. The zero-order chi connectivity index (χ0) is 26.2. The molecule has 194 valence electrons. The van der Waals surface area contributed by atoms with Gasteiger partial charge in [0.05, 0.1) is 32.8 Å². The van der Waals surface area contributed by atoms with E-state index in [1.54, 1.807) is 12.1 Å². The first-order chi connectivity index (χ1) is 17.7. The molecule has 0 saturated heterocycles. The molecule has 1 aliphatic rings. The highest BCUT2D eigenvalue weighted by atomic mass is 35.5. The highest BCUT2D eigenvalue weighted by Crippen LogP contribution is 2.38. The summed E-state index contributed by atoms with van der Waals surface area (Å²) in [7, 11) is -3.28. The van der Waals surface area contributed by atoms with Crippen molar-refractivity contribution in [1.82, 2.24) is 9.97 Å². The number of ether oxygens (including phenoxy) is 1. The molecule has 1 aromatic heterocycles. The lowest BCUT2D eigenvalue weighted by atomic mass is 9.95. The Labute approximate surface area is 222 Å². The first-order valence-electron chi connectivity index (χ1n) is 12.6. The first kappa shape index (κ1) is 25.8. The molecular formula is C29H31ClN2O4S. The molecular weight excluding hydrogens is 508 g/mol. The Morgan fingerprint density at radius 3 is 2.49 bits per heavy atom. The molecule has 1 heterocycles. The van der Waals surface area contributed by atoms with Gasteiger partial charge in [0, 0.05) is 23.7 Å². The van der Waals surface area contributed by atoms with Crippen LogP contribution >= 0.6 is 11.6 Å². The fourth-order valence-electron chi connectivity index (χ4n) is 4.66. The Morgan fingerprint density at radius 1 is 1.08 bits per heavy atom. The van der Waals surface area contributed by atoms with Crippen LogP contribution in [0.2, 0.25) is 5.02 Å². The number of para-hydroxylation sites is 1. The minimum atomic E-state index is -3.28. The summed E-state index contributed by atoms with van der Waals surface area (Å²) in [5.74, 6) is 1.73. The zero-order valence-electron chi connectivity index (χ0n) is 20.9. The summed E-state index contributed by atoms with van der Waals surface area (Å²) < 4.78 is 31.3. The largest absolute Gasteiger partial charge is 0.490 e. The molecule has 0 amide bonds. The van der Waals surface area contributed by atoms with E-state index in [4.69, 9.17) is 21.3 Å². The van der Waals surface area contributed by atoms with Crippen LogP contribution < -0.4 is 4.74 Å². The Morgan fingerprint density at radius 2 is 1.81 bits per heavy atom. The maximum Gasteiger partial charge on any atom is 0.178 e. The van der Waals surface area contributed by atoms with Crippen LogP contribution in [0.3, 0.4) is 0 Å². The van der Waals surface area contributed by atoms with Gasteiger partial charge in [0.15, 0.2) is 9.84 Å². The maximum atomic E-state index is 12.7. The Balaban J connectivity index is 1.49. The van der Waals surface area contributed by atoms with Crippen LogP contribution in [0.15, 0.2) is 65.6 Å². The van der Waals surface area contributed by atoms with Crippen molar-refractivity contribution in [3.05, 3.63) is 77.1 Å². The number of nitrogens with zero attached hydrogens (tertiary/aromatic N) is 1. The standard InChI is InChI=1S/C29H31ClN2O4S/c1-18(2)36-28-6-4-3-5-23(28)24-15-26-27(16-25(24)30)32-29(31-26)22(13-14-33)20-9-11-21(12-10-20)37(34,35)17-19-7-8-19/h3-6,9-12,15-16,18-19,22,33H,7-8,13-14,17H2,1-2H3,(H,31,32). The summed E-state index contributed by atoms with van der Waals surface area (Å²) in [6, 6.07) is 18.6. The number of benzene rings is 3. The summed E-state index contributed by atoms with van der Waals surface area (Å²) in [4.78, 5) is 8.55. The average Bonchev–Trinajstić information content (AvgIpc) is 3.57. The number of nitrogens with one attached hydrogen (secondary N) is 1. The lowest BCUT2D eigenvalue weighted by molar-refractivity contribution is 0.243. The molecule has 2 N–H and O–H groups in total. The van der Waals surface area contributed by atoms with Crippen molar-refractivity contribution in [2.24, 2.45) is 5.92 Å². The van der Waals surface area contributed by atoms with Gasteiger partial charge in [0.25, 0.3) is 0 Å². The SMILES string of the molecule is CC(C)Oc1ccccc1-c1cc2[nH]c(C(CCO)c3ccc(S(=O)(=O)CC4CC4)cc3)nc2cc1Cl. The van der Waals surface area contributed by atoms with E-state index >= 15 is 0 Å². The second-order valence-electron chi connectivity index (χ2n) is 9.99. The Kier molecular flexibility index (Phi) is 7.30. The summed E-state index contributed by atoms with van der Waals surface area (Å²) in [6.07, 6.45) is 2.45. The molecule has 0 radical (unpaired) electrons. The first-order valence-corrected chi connectivity index (χ1v) is 14.7. The van der Waals surface area contributed by atoms with Gasteiger partial charge >= 0.3 is 0 Å². The highest BCUT2D eigenvalue weighted by Gasteiger charge is 2.29. The molecule has 6 nitrogen and oxygen atoms in total. The van der Waals surface area contributed by atoms with Crippen LogP contribution in [0.4, 0.5) is 0 Å². The lowest BCUT2D eigenvalue weighted by Gasteiger charge is -2.15. The number of rotatable bonds is 10. The number of imidazole rings is 1.